The molecule has 6 rings (SSSR count). The van der Waals surface area contributed by atoms with Crippen molar-refractivity contribution in [3.05, 3.63) is 76.5 Å². The minimum Gasteiger partial charge on any atom is -0.312 e. The number of sulfonamides is 1. The van der Waals surface area contributed by atoms with E-state index in [0.29, 0.717) is 35.8 Å². The third-order valence-electron chi connectivity index (χ3n) is 8.61. The molecule has 1 aliphatic carbocycles. The summed E-state index contributed by atoms with van der Waals surface area (Å²) in [6.45, 7) is 8.56. The zero-order valence-corrected chi connectivity index (χ0v) is 24.7. The fraction of sp³-hybridized carbons (Fsp3) is 0.419. The first-order valence-electron chi connectivity index (χ1n) is 13.9. The summed E-state index contributed by atoms with van der Waals surface area (Å²) in [6.07, 6.45) is 1.44. The zero-order chi connectivity index (χ0) is 28.2. The fourth-order valence-corrected chi connectivity index (χ4v) is 8.32. The van der Waals surface area contributed by atoms with Crippen LogP contribution in [-0.4, -0.2) is 50.7 Å². The van der Waals surface area contributed by atoms with Crippen molar-refractivity contribution in [2.45, 2.75) is 43.9 Å². The lowest BCUT2D eigenvalue weighted by molar-refractivity contribution is -0.117. The number of hydrogen-bond donors (Lipinski definition) is 0. The average molecular weight is 578 g/mol. The highest BCUT2D eigenvalue weighted by atomic mass is 32.2. The standard InChI is InChI=1S/C31H35N3O4S2/c1-31(2,3)21-8-14-24(15-9-21)40(37,38)32-18-25-26(19-32)27(25)20-34(30(36)28-6-5-17-39-28)23-12-10-22(11-13-23)33-16-4-7-29(33)35/h5-6,8-15,17,25-27H,4,7,16,18-20H2,1-3H3. The first-order valence-corrected chi connectivity index (χ1v) is 16.2. The van der Waals surface area contributed by atoms with E-state index in [2.05, 4.69) is 20.8 Å². The molecule has 0 radical (unpaired) electrons. The van der Waals surface area contributed by atoms with Crippen LogP contribution < -0.4 is 9.80 Å². The first kappa shape index (κ1) is 27.2. The van der Waals surface area contributed by atoms with Crippen LogP contribution in [0.2, 0.25) is 0 Å². The van der Waals surface area contributed by atoms with Crippen molar-refractivity contribution in [3.8, 4) is 0 Å². The largest absolute Gasteiger partial charge is 0.312 e. The number of carbonyl (C=O) groups excluding carboxylic acids is 2. The molecular formula is C31H35N3O4S2. The Balaban J connectivity index is 1.16. The Labute approximate surface area is 240 Å². The van der Waals surface area contributed by atoms with E-state index in [1.807, 2.05) is 58.8 Å². The molecule has 2 saturated heterocycles. The molecule has 2 amide bonds. The lowest BCUT2D eigenvalue weighted by atomic mass is 9.87. The Morgan fingerprint density at radius 3 is 2.23 bits per heavy atom. The summed E-state index contributed by atoms with van der Waals surface area (Å²) in [5, 5.41) is 1.90. The summed E-state index contributed by atoms with van der Waals surface area (Å²) >= 11 is 1.42. The van der Waals surface area contributed by atoms with Gasteiger partial charge in [0.2, 0.25) is 15.9 Å². The lowest BCUT2D eigenvalue weighted by Gasteiger charge is -2.26. The van der Waals surface area contributed by atoms with Gasteiger partial charge < -0.3 is 9.80 Å². The molecule has 9 heteroatoms. The maximum atomic E-state index is 13.6. The Bertz CT molecular complexity index is 1500. The van der Waals surface area contributed by atoms with Gasteiger partial charge in [0.05, 0.1) is 9.77 Å². The van der Waals surface area contributed by atoms with Gasteiger partial charge in [0.1, 0.15) is 0 Å². The van der Waals surface area contributed by atoms with Gasteiger partial charge >= 0.3 is 0 Å². The van der Waals surface area contributed by atoms with Gasteiger partial charge in [-0.15, -0.1) is 11.3 Å². The van der Waals surface area contributed by atoms with Crippen molar-refractivity contribution in [2.75, 3.05) is 36.0 Å². The SMILES string of the molecule is CC(C)(C)c1ccc(S(=O)(=O)N2CC3C(CN(C(=O)c4cccs4)c4ccc(N5CCCC5=O)cc4)C3C2)cc1. The molecule has 2 atom stereocenters. The second-order valence-electron chi connectivity index (χ2n) is 12.1. The Morgan fingerprint density at radius 2 is 1.68 bits per heavy atom. The predicted octanol–water partition coefficient (Wildman–Crippen LogP) is 5.39. The van der Waals surface area contributed by atoms with Crippen LogP contribution in [0, 0.1) is 17.8 Å². The lowest BCUT2D eigenvalue weighted by Crippen LogP contribution is -2.36. The van der Waals surface area contributed by atoms with Crippen LogP contribution in [0.15, 0.2) is 70.9 Å². The van der Waals surface area contributed by atoms with E-state index in [1.54, 1.807) is 21.3 Å². The van der Waals surface area contributed by atoms with Crippen LogP contribution in [0.5, 0.6) is 0 Å². The molecule has 0 spiro atoms. The minimum absolute atomic E-state index is 0.0386. The number of amides is 2. The fourth-order valence-electron chi connectivity index (χ4n) is 6.14. The highest BCUT2D eigenvalue weighted by molar-refractivity contribution is 7.89. The van der Waals surface area contributed by atoms with Gasteiger partial charge in [0.25, 0.3) is 5.91 Å². The molecule has 2 aliphatic heterocycles. The number of thiophene rings is 1. The maximum absolute atomic E-state index is 13.6. The Morgan fingerprint density at radius 1 is 1.00 bits per heavy atom. The molecule has 1 aromatic heterocycles. The van der Waals surface area contributed by atoms with Gasteiger partial charge in [-0.3, -0.25) is 9.59 Å². The molecule has 40 heavy (non-hydrogen) atoms. The van der Waals surface area contributed by atoms with Crippen molar-refractivity contribution in [1.29, 1.82) is 0 Å². The molecule has 0 N–H and O–H groups in total. The van der Waals surface area contributed by atoms with Crippen molar-refractivity contribution >= 4 is 44.5 Å². The van der Waals surface area contributed by atoms with Crippen LogP contribution in [0.4, 0.5) is 11.4 Å². The van der Waals surface area contributed by atoms with Crippen molar-refractivity contribution in [3.63, 3.8) is 0 Å². The molecule has 2 unspecified atom stereocenters. The third-order valence-corrected chi connectivity index (χ3v) is 11.3. The van der Waals surface area contributed by atoms with Gasteiger partial charge in [-0.2, -0.15) is 4.31 Å². The van der Waals surface area contributed by atoms with Crippen molar-refractivity contribution < 1.29 is 18.0 Å². The molecule has 2 aromatic carbocycles. The van der Waals surface area contributed by atoms with Crippen molar-refractivity contribution in [2.24, 2.45) is 17.8 Å². The number of fused-ring (bicyclic) bond motifs is 1. The third kappa shape index (κ3) is 4.99. The average Bonchev–Trinajstić information content (AvgIpc) is 3.46. The van der Waals surface area contributed by atoms with E-state index < -0.39 is 10.0 Å². The van der Waals surface area contributed by atoms with Gasteiger partial charge in [-0.05, 0) is 83.0 Å². The maximum Gasteiger partial charge on any atom is 0.268 e. The van der Waals surface area contributed by atoms with E-state index in [0.717, 1.165) is 29.9 Å². The number of nitrogens with zero attached hydrogens (tertiary/aromatic N) is 3. The van der Waals surface area contributed by atoms with E-state index in [4.69, 9.17) is 0 Å². The van der Waals surface area contributed by atoms with E-state index in [9.17, 15) is 18.0 Å². The van der Waals surface area contributed by atoms with Gasteiger partial charge in [-0.25, -0.2) is 8.42 Å². The van der Waals surface area contributed by atoms with E-state index >= 15 is 0 Å². The van der Waals surface area contributed by atoms with Crippen LogP contribution in [0.25, 0.3) is 0 Å². The number of anilines is 2. The minimum atomic E-state index is -3.55. The first-order chi connectivity index (χ1) is 19.0. The highest BCUT2D eigenvalue weighted by Gasteiger charge is 2.58. The quantitative estimate of drug-likeness (QED) is 0.378. The topological polar surface area (TPSA) is 78.0 Å². The smallest absolute Gasteiger partial charge is 0.268 e. The molecule has 1 saturated carbocycles. The van der Waals surface area contributed by atoms with E-state index in [1.165, 1.54) is 11.3 Å². The van der Waals surface area contributed by atoms with Crippen LogP contribution in [0.1, 0.15) is 48.8 Å². The monoisotopic (exact) mass is 577 g/mol. The summed E-state index contributed by atoms with van der Waals surface area (Å²) in [4.78, 5) is 30.4. The number of rotatable bonds is 7. The van der Waals surface area contributed by atoms with Crippen molar-refractivity contribution in [1.82, 2.24) is 4.31 Å². The number of piperidine rings is 1. The highest BCUT2D eigenvalue weighted by Crippen LogP contribution is 2.53. The summed E-state index contributed by atoms with van der Waals surface area (Å²) in [5.41, 5.74) is 2.71. The number of benzene rings is 2. The molecule has 3 heterocycles. The van der Waals surface area contributed by atoms with Gasteiger partial charge in [0, 0.05) is 44.0 Å². The Hall–Kier alpha value is -3.01. The summed E-state index contributed by atoms with van der Waals surface area (Å²) in [5.74, 6) is 0.814. The molecule has 210 valence electrons. The molecular weight excluding hydrogens is 542 g/mol. The molecule has 3 aliphatic rings. The molecule has 3 fully saturated rings. The second kappa shape index (κ2) is 10.1. The molecule has 7 nitrogen and oxygen atoms in total. The summed E-state index contributed by atoms with van der Waals surface area (Å²) < 4.78 is 28.4. The number of carbonyl (C=O) groups is 2. The van der Waals surface area contributed by atoms with Gasteiger partial charge in [-0.1, -0.05) is 39.0 Å². The number of hydrogen-bond acceptors (Lipinski definition) is 5. The summed E-state index contributed by atoms with van der Waals surface area (Å²) in [7, 11) is -3.55. The van der Waals surface area contributed by atoms with Crippen LogP contribution >= 0.6 is 11.3 Å². The molecule has 3 aromatic rings. The predicted molar refractivity (Wildman–Crippen MR) is 158 cm³/mol. The molecule has 0 bridgehead atoms. The van der Waals surface area contributed by atoms with Crippen LogP contribution in [0.3, 0.4) is 0 Å². The Kier molecular flexibility index (Phi) is 6.87. The summed E-state index contributed by atoms with van der Waals surface area (Å²) in [6, 6.07) is 18.6. The van der Waals surface area contributed by atoms with Gasteiger partial charge in [0.15, 0.2) is 0 Å². The second-order valence-corrected chi connectivity index (χ2v) is 15.0. The van der Waals surface area contributed by atoms with Crippen LogP contribution in [-0.2, 0) is 20.2 Å². The van der Waals surface area contributed by atoms with E-state index in [-0.39, 0.29) is 35.0 Å². The normalized spacial score (nSPS) is 22.9. The zero-order valence-electron chi connectivity index (χ0n) is 23.1.